The van der Waals surface area contributed by atoms with Gasteiger partial charge in [0.1, 0.15) is 11.4 Å². The van der Waals surface area contributed by atoms with Gasteiger partial charge in [-0.25, -0.2) is 5.43 Å². The normalized spacial score (nSPS) is 10.8. The smallest absolute Gasteiger partial charge is 0.289 e. The first kappa shape index (κ1) is 16.8. The summed E-state index contributed by atoms with van der Waals surface area (Å²) in [6.07, 6.45) is 1.38. The molecule has 3 N–H and O–H groups in total. The molecule has 0 unspecified atom stereocenters. The monoisotopic (exact) mass is 351 g/mol. The molecular formula is C17H13N5O4. The molecule has 3 aromatic rings. The van der Waals surface area contributed by atoms with Crippen LogP contribution in [0.15, 0.2) is 59.7 Å². The fraction of sp³-hybridized carbons (Fsp3) is 0. The molecule has 2 aromatic carbocycles. The Morgan fingerprint density at radius 3 is 2.81 bits per heavy atom. The number of aromatic amines is 1. The molecule has 3 rings (SSSR count). The quantitative estimate of drug-likeness (QED) is 0.369. The number of carbonyl (C=O) groups excluding carboxylic acids is 1. The van der Waals surface area contributed by atoms with Crippen LogP contribution in [-0.4, -0.2) is 32.3 Å². The molecule has 0 aliphatic heterocycles. The topological polar surface area (TPSA) is 134 Å². The highest BCUT2D eigenvalue weighted by atomic mass is 16.6. The molecule has 0 radical (unpaired) electrons. The van der Waals surface area contributed by atoms with Crippen molar-refractivity contribution in [2.45, 2.75) is 0 Å². The van der Waals surface area contributed by atoms with Crippen molar-refractivity contribution in [1.29, 1.82) is 0 Å². The highest BCUT2D eigenvalue weighted by Gasteiger charge is 2.13. The molecule has 1 aromatic heterocycles. The molecular weight excluding hydrogens is 338 g/mol. The van der Waals surface area contributed by atoms with E-state index in [0.717, 1.165) is 0 Å². The summed E-state index contributed by atoms with van der Waals surface area (Å²) >= 11 is 0. The molecule has 130 valence electrons. The van der Waals surface area contributed by atoms with Crippen LogP contribution in [0, 0.1) is 10.1 Å². The highest BCUT2D eigenvalue weighted by Crippen LogP contribution is 2.22. The number of carbonyl (C=O) groups is 1. The molecule has 0 spiro atoms. The molecule has 0 saturated heterocycles. The second-order valence-corrected chi connectivity index (χ2v) is 5.27. The SMILES string of the molecule is O=C(N/N=C/c1cccc(O)c1)c1cc(-c2cccc([N+](=O)[O-])c2)n[nH]1. The highest BCUT2D eigenvalue weighted by molar-refractivity contribution is 5.94. The number of nitro benzene ring substituents is 1. The molecule has 0 bridgehead atoms. The number of hydrazone groups is 1. The van der Waals surface area contributed by atoms with Crippen LogP contribution in [0.2, 0.25) is 0 Å². The Morgan fingerprint density at radius 1 is 1.23 bits per heavy atom. The lowest BCUT2D eigenvalue weighted by Gasteiger charge is -1.97. The number of nitrogens with one attached hydrogen (secondary N) is 2. The van der Waals surface area contributed by atoms with Crippen LogP contribution >= 0.6 is 0 Å². The summed E-state index contributed by atoms with van der Waals surface area (Å²) in [4.78, 5) is 22.4. The van der Waals surface area contributed by atoms with Gasteiger partial charge in [-0.15, -0.1) is 0 Å². The second kappa shape index (κ2) is 7.26. The Hall–Kier alpha value is -4.01. The molecule has 26 heavy (non-hydrogen) atoms. The van der Waals surface area contributed by atoms with E-state index in [1.54, 1.807) is 24.3 Å². The van der Waals surface area contributed by atoms with Crippen LogP contribution in [-0.2, 0) is 0 Å². The van der Waals surface area contributed by atoms with Crippen LogP contribution in [0.5, 0.6) is 5.75 Å². The van der Waals surface area contributed by atoms with Gasteiger partial charge in [-0.2, -0.15) is 10.2 Å². The first-order valence-electron chi connectivity index (χ1n) is 7.45. The first-order valence-corrected chi connectivity index (χ1v) is 7.45. The maximum Gasteiger partial charge on any atom is 0.289 e. The summed E-state index contributed by atoms with van der Waals surface area (Å²) in [5.41, 5.74) is 3.95. The molecule has 1 amide bonds. The van der Waals surface area contributed by atoms with Crippen molar-refractivity contribution >= 4 is 17.8 Å². The lowest BCUT2D eigenvalue weighted by atomic mass is 10.1. The predicted molar refractivity (Wildman–Crippen MR) is 93.8 cm³/mol. The number of nitro groups is 1. The average Bonchev–Trinajstić information content (AvgIpc) is 3.12. The zero-order valence-corrected chi connectivity index (χ0v) is 13.3. The van der Waals surface area contributed by atoms with E-state index in [1.165, 1.54) is 36.5 Å². The number of aromatic nitrogens is 2. The van der Waals surface area contributed by atoms with Gasteiger partial charge in [-0.3, -0.25) is 20.0 Å². The van der Waals surface area contributed by atoms with Gasteiger partial charge < -0.3 is 5.11 Å². The average molecular weight is 351 g/mol. The summed E-state index contributed by atoms with van der Waals surface area (Å²) in [5, 5.41) is 30.6. The predicted octanol–water partition coefficient (Wildman–Crippen LogP) is 2.45. The number of aromatic hydroxyl groups is 1. The summed E-state index contributed by atoms with van der Waals surface area (Å²) in [6.45, 7) is 0. The van der Waals surface area contributed by atoms with Crippen molar-refractivity contribution in [1.82, 2.24) is 15.6 Å². The van der Waals surface area contributed by atoms with Crippen LogP contribution in [0.1, 0.15) is 16.1 Å². The number of benzene rings is 2. The number of phenols is 1. The van der Waals surface area contributed by atoms with E-state index in [1.807, 2.05) is 0 Å². The standard InChI is InChI=1S/C17H13N5O4/c23-14-6-1-3-11(7-14)10-18-21-17(24)16-9-15(19-20-16)12-4-2-5-13(8-12)22(25)26/h1-10,23H,(H,19,20)(H,21,24)/b18-10+. The van der Waals surface area contributed by atoms with Crippen LogP contribution in [0.25, 0.3) is 11.3 Å². The fourth-order valence-electron chi connectivity index (χ4n) is 2.20. The van der Waals surface area contributed by atoms with Crippen LogP contribution in [0.3, 0.4) is 0 Å². The fourth-order valence-corrected chi connectivity index (χ4v) is 2.20. The summed E-state index contributed by atoms with van der Waals surface area (Å²) in [7, 11) is 0. The molecule has 0 aliphatic rings. The Labute approximate surface area is 147 Å². The van der Waals surface area contributed by atoms with Gasteiger partial charge in [0, 0.05) is 17.7 Å². The number of non-ortho nitro benzene ring substituents is 1. The largest absolute Gasteiger partial charge is 0.508 e. The van der Waals surface area contributed by atoms with E-state index in [9.17, 15) is 20.0 Å². The van der Waals surface area contributed by atoms with Crippen molar-refractivity contribution in [3.63, 3.8) is 0 Å². The Morgan fingerprint density at radius 2 is 2.04 bits per heavy atom. The van der Waals surface area contributed by atoms with Gasteiger partial charge in [0.05, 0.1) is 16.8 Å². The number of nitrogens with zero attached hydrogens (tertiary/aromatic N) is 3. The molecule has 1 heterocycles. The molecule has 0 saturated carbocycles. The minimum absolute atomic E-state index is 0.0628. The van der Waals surface area contributed by atoms with Gasteiger partial charge >= 0.3 is 0 Å². The number of rotatable bonds is 5. The van der Waals surface area contributed by atoms with Crippen molar-refractivity contribution in [2.75, 3.05) is 0 Å². The number of phenolic OH excluding ortho intramolecular Hbond substituents is 1. The van der Waals surface area contributed by atoms with Crippen molar-refractivity contribution in [3.05, 3.63) is 76.0 Å². The summed E-state index contributed by atoms with van der Waals surface area (Å²) in [6, 6.07) is 13.8. The van der Waals surface area contributed by atoms with Gasteiger partial charge in [0.2, 0.25) is 0 Å². The van der Waals surface area contributed by atoms with Crippen molar-refractivity contribution < 1.29 is 14.8 Å². The van der Waals surface area contributed by atoms with Gasteiger partial charge in [-0.05, 0) is 23.8 Å². The molecule has 0 aliphatic carbocycles. The number of amides is 1. The van der Waals surface area contributed by atoms with E-state index < -0.39 is 10.8 Å². The molecule has 0 fully saturated rings. The minimum atomic E-state index is -0.523. The third-order valence-corrected chi connectivity index (χ3v) is 3.43. The number of hydrogen-bond donors (Lipinski definition) is 3. The Bertz CT molecular complexity index is 996. The zero-order chi connectivity index (χ0) is 18.5. The first-order chi connectivity index (χ1) is 12.5. The van der Waals surface area contributed by atoms with Gasteiger partial charge in [0.25, 0.3) is 11.6 Å². The van der Waals surface area contributed by atoms with Crippen molar-refractivity contribution in [3.8, 4) is 17.0 Å². The number of H-pyrrole nitrogens is 1. The maximum atomic E-state index is 12.1. The van der Waals surface area contributed by atoms with Gasteiger partial charge in [0.15, 0.2) is 0 Å². The third kappa shape index (κ3) is 3.90. The van der Waals surface area contributed by atoms with E-state index in [-0.39, 0.29) is 17.1 Å². The summed E-state index contributed by atoms with van der Waals surface area (Å²) in [5.74, 6) is -0.430. The third-order valence-electron chi connectivity index (χ3n) is 3.43. The number of hydrogen-bond acceptors (Lipinski definition) is 6. The van der Waals surface area contributed by atoms with Crippen molar-refractivity contribution in [2.24, 2.45) is 5.10 Å². The molecule has 0 atom stereocenters. The lowest BCUT2D eigenvalue weighted by molar-refractivity contribution is -0.384. The van der Waals surface area contributed by atoms with E-state index in [2.05, 4.69) is 20.7 Å². The lowest BCUT2D eigenvalue weighted by Crippen LogP contribution is -2.17. The van der Waals surface area contributed by atoms with Gasteiger partial charge in [-0.1, -0.05) is 24.3 Å². The van der Waals surface area contributed by atoms with E-state index in [4.69, 9.17) is 0 Å². The zero-order valence-electron chi connectivity index (χ0n) is 13.3. The summed E-state index contributed by atoms with van der Waals surface area (Å²) < 4.78 is 0. The Kier molecular flexibility index (Phi) is 4.70. The van der Waals surface area contributed by atoms with Crippen LogP contribution in [0.4, 0.5) is 5.69 Å². The van der Waals surface area contributed by atoms with Crippen LogP contribution < -0.4 is 5.43 Å². The maximum absolute atomic E-state index is 12.1. The Balaban J connectivity index is 1.70. The molecule has 9 heteroatoms. The minimum Gasteiger partial charge on any atom is -0.508 e. The van der Waals surface area contributed by atoms with E-state index in [0.29, 0.717) is 16.8 Å². The van der Waals surface area contributed by atoms with E-state index >= 15 is 0 Å². The molecule has 9 nitrogen and oxygen atoms in total. The second-order valence-electron chi connectivity index (χ2n) is 5.27.